The molecule has 1 heterocycles. The summed E-state index contributed by atoms with van der Waals surface area (Å²) in [6.07, 6.45) is 0.614. The van der Waals surface area contributed by atoms with E-state index in [1.807, 2.05) is 25.1 Å². The van der Waals surface area contributed by atoms with Crippen molar-refractivity contribution in [2.75, 3.05) is 23.4 Å². The first-order chi connectivity index (χ1) is 9.85. The quantitative estimate of drug-likeness (QED) is 0.779. The van der Waals surface area contributed by atoms with Gasteiger partial charge in [-0.05, 0) is 37.0 Å². The molecule has 1 aliphatic heterocycles. The topological polar surface area (TPSA) is 101 Å². The molecule has 2 rings (SSSR count). The zero-order chi connectivity index (χ0) is 15.5. The van der Waals surface area contributed by atoms with E-state index in [1.54, 1.807) is 6.07 Å². The zero-order valence-electron chi connectivity index (χ0n) is 12.0. The minimum absolute atomic E-state index is 0.0103. The third-order valence-corrected chi connectivity index (χ3v) is 5.39. The Morgan fingerprint density at radius 2 is 2.24 bits per heavy atom. The largest absolute Gasteiger partial charge is 0.338 e. The molecule has 0 spiro atoms. The molecule has 1 saturated heterocycles. The molecule has 1 aliphatic rings. The van der Waals surface area contributed by atoms with Crippen LogP contribution in [0.3, 0.4) is 0 Å². The van der Waals surface area contributed by atoms with Crippen molar-refractivity contribution in [2.45, 2.75) is 19.4 Å². The number of carbonyl (C=O) groups excluding carboxylic acids is 1. The predicted molar refractivity (Wildman–Crippen MR) is 82.8 cm³/mol. The standard InChI is InChI=1S/C14H21N3O3S/c1-10(15)12-3-2-4-13(7-12)17-14(18)16-8-11-5-6-21(19,20)9-11/h2-4,7,10-11H,5-6,8-9,15H2,1H3,(H2,16,17,18). The molecule has 1 aromatic rings. The minimum Gasteiger partial charge on any atom is -0.338 e. The van der Waals surface area contributed by atoms with Crippen molar-refractivity contribution in [2.24, 2.45) is 11.7 Å². The second kappa shape index (κ2) is 6.44. The first-order valence-electron chi connectivity index (χ1n) is 6.96. The van der Waals surface area contributed by atoms with E-state index in [-0.39, 0.29) is 29.5 Å². The molecule has 1 aromatic carbocycles. The maximum absolute atomic E-state index is 11.8. The lowest BCUT2D eigenvalue weighted by molar-refractivity contribution is 0.250. The number of nitrogens with one attached hydrogen (secondary N) is 2. The van der Waals surface area contributed by atoms with Crippen LogP contribution in [0.2, 0.25) is 0 Å². The summed E-state index contributed by atoms with van der Waals surface area (Å²) in [5.74, 6) is 0.390. The highest BCUT2D eigenvalue weighted by atomic mass is 32.2. The van der Waals surface area contributed by atoms with E-state index in [9.17, 15) is 13.2 Å². The van der Waals surface area contributed by atoms with E-state index in [2.05, 4.69) is 10.6 Å². The maximum Gasteiger partial charge on any atom is 0.319 e. The Balaban J connectivity index is 1.83. The van der Waals surface area contributed by atoms with Gasteiger partial charge in [-0.1, -0.05) is 12.1 Å². The molecule has 0 aliphatic carbocycles. The molecule has 0 saturated carbocycles. The van der Waals surface area contributed by atoms with Gasteiger partial charge in [0.05, 0.1) is 11.5 Å². The molecule has 2 atom stereocenters. The van der Waals surface area contributed by atoms with Crippen LogP contribution in [0.5, 0.6) is 0 Å². The number of hydrogen-bond donors (Lipinski definition) is 3. The van der Waals surface area contributed by atoms with E-state index in [0.717, 1.165) is 5.56 Å². The molecule has 6 nitrogen and oxygen atoms in total. The van der Waals surface area contributed by atoms with Gasteiger partial charge in [-0.3, -0.25) is 0 Å². The summed E-state index contributed by atoms with van der Waals surface area (Å²) >= 11 is 0. The number of hydrogen-bond acceptors (Lipinski definition) is 4. The van der Waals surface area contributed by atoms with Crippen LogP contribution < -0.4 is 16.4 Å². The van der Waals surface area contributed by atoms with Gasteiger partial charge in [0.1, 0.15) is 0 Å². The van der Waals surface area contributed by atoms with Crippen LogP contribution in [0.15, 0.2) is 24.3 Å². The van der Waals surface area contributed by atoms with E-state index < -0.39 is 9.84 Å². The fourth-order valence-electron chi connectivity index (χ4n) is 2.34. The molecule has 0 bridgehead atoms. The SMILES string of the molecule is CC(N)c1cccc(NC(=O)NCC2CCS(=O)(=O)C2)c1. The summed E-state index contributed by atoms with van der Waals surface area (Å²) in [6, 6.07) is 6.91. The number of carbonyl (C=O) groups is 1. The highest BCUT2D eigenvalue weighted by Crippen LogP contribution is 2.18. The number of amides is 2. The second-order valence-electron chi connectivity index (χ2n) is 5.52. The Labute approximate surface area is 125 Å². The molecule has 4 N–H and O–H groups in total. The third kappa shape index (κ3) is 4.71. The van der Waals surface area contributed by atoms with Crippen molar-refractivity contribution in [1.82, 2.24) is 5.32 Å². The monoisotopic (exact) mass is 311 g/mol. The Morgan fingerprint density at radius 3 is 2.86 bits per heavy atom. The first-order valence-corrected chi connectivity index (χ1v) is 8.79. The van der Waals surface area contributed by atoms with Crippen LogP contribution in [-0.2, 0) is 9.84 Å². The van der Waals surface area contributed by atoms with Crippen molar-refractivity contribution in [3.05, 3.63) is 29.8 Å². The molecule has 0 aromatic heterocycles. The van der Waals surface area contributed by atoms with Gasteiger partial charge in [0.2, 0.25) is 0 Å². The normalized spacial score (nSPS) is 21.7. The highest BCUT2D eigenvalue weighted by molar-refractivity contribution is 7.91. The molecule has 2 unspecified atom stereocenters. The number of rotatable bonds is 4. The van der Waals surface area contributed by atoms with Gasteiger partial charge >= 0.3 is 6.03 Å². The van der Waals surface area contributed by atoms with Crippen LogP contribution in [0.1, 0.15) is 24.9 Å². The molecule has 116 valence electrons. The summed E-state index contributed by atoms with van der Waals surface area (Å²) in [5.41, 5.74) is 7.40. The fraction of sp³-hybridized carbons (Fsp3) is 0.500. The van der Waals surface area contributed by atoms with Gasteiger partial charge in [-0.2, -0.15) is 0 Å². The van der Waals surface area contributed by atoms with Gasteiger partial charge in [0, 0.05) is 18.3 Å². The number of anilines is 1. The fourth-order valence-corrected chi connectivity index (χ4v) is 4.21. The lowest BCUT2D eigenvalue weighted by Crippen LogP contribution is -2.33. The Hall–Kier alpha value is -1.60. The van der Waals surface area contributed by atoms with Crippen LogP contribution >= 0.6 is 0 Å². The van der Waals surface area contributed by atoms with E-state index in [4.69, 9.17) is 5.73 Å². The van der Waals surface area contributed by atoms with Crippen molar-refractivity contribution in [3.63, 3.8) is 0 Å². The Kier molecular flexibility index (Phi) is 4.84. The second-order valence-corrected chi connectivity index (χ2v) is 7.75. The smallest absolute Gasteiger partial charge is 0.319 e. The van der Waals surface area contributed by atoms with Gasteiger partial charge < -0.3 is 16.4 Å². The molecular formula is C14H21N3O3S. The maximum atomic E-state index is 11.8. The van der Waals surface area contributed by atoms with Gasteiger partial charge in [0.15, 0.2) is 9.84 Å². The lowest BCUT2D eigenvalue weighted by atomic mass is 10.1. The summed E-state index contributed by atoms with van der Waals surface area (Å²) in [5, 5.41) is 5.44. The number of sulfone groups is 1. The molecule has 2 amide bonds. The molecule has 0 radical (unpaired) electrons. The molecule has 21 heavy (non-hydrogen) atoms. The summed E-state index contributed by atoms with van der Waals surface area (Å²) in [7, 11) is -2.90. The predicted octanol–water partition coefficient (Wildman–Crippen LogP) is 1.26. The molecule has 1 fully saturated rings. The molecular weight excluding hydrogens is 290 g/mol. The van der Waals surface area contributed by atoms with E-state index >= 15 is 0 Å². The zero-order valence-corrected chi connectivity index (χ0v) is 12.8. The number of urea groups is 1. The highest BCUT2D eigenvalue weighted by Gasteiger charge is 2.27. The van der Waals surface area contributed by atoms with Crippen molar-refractivity contribution < 1.29 is 13.2 Å². The van der Waals surface area contributed by atoms with Gasteiger partial charge in [-0.15, -0.1) is 0 Å². The third-order valence-electron chi connectivity index (χ3n) is 3.55. The van der Waals surface area contributed by atoms with Gasteiger partial charge in [-0.25, -0.2) is 13.2 Å². The molecule has 7 heteroatoms. The van der Waals surface area contributed by atoms with Crippen LogP contribution in [0.25, 0.3) is 0 Å². The number of nitrogens with two attached hydrogens (primary N) is 1. The minimum atomic E-state index is -2.90. The lowest BCUT2D eigenvalue weighted by Gasteiger charge is -2.12. The summed E-state index contributed by atoms with van der Waals surface area (Å²) in [6.45, 7) is 2.25. The van der Waals surface area contributed by atoms with E-state index in [1.165, 1.54) is 0 Å². The van der Waals surface area contributed by atoms with Gasteiger partial charge in [0.25, 0.3) is 0 Å². The van der Waals surface area contributed by atoms with Crippen LogP contribution in [0, 0.1) is 5.92 Å². The number of benzene rings is 1. The first kappa shape index (κ1) is 15.8. The van der Waals surface area contributed by atoms with Crippen molar-refractivity contribution >= 4 is 21.6 Å². The average molecular weight is 311 g/mol. The van der Waals surface area contributed by atoms with Crippen molar-refractivity contribution in [3.8, 4) is 0 Å². The Bertz CT molecular complexity index is 614. The van der Waals surface area contributed by atoms with E-state index in [0.29, 0.717) is 18.7 Å². The van der Waals surface area contributed by atoms with Crippen LogP contribution in [-0.4, -0.2) is 32.5 Å². The summed E-state index contributed by atoms with van der Waals surface area (Å²) in [4.78, 5) is 11.8. The summed E-state index contributed by atoms with van der Waals surface area (Å²) < 4.78 is 22.7. The average Bonchev–Trinajstić information content (AvgIpc) is 2.76. The Morgan fingerprint density at radius 1 is 1.48 bits per heavy atom. The van der Waals surface area contributed by atoms with Crippen molar-refractivity contribution in [1.29, 1.82) is 0 Å². The van der Waals surface area contributed by atoms with Crippen LogP contribution in [0.4, 0.5) is 10.5 Å².